The average molecular weight is 528 g/mol. The van der Waals surface area contributed by atoms with Crippen molar-refractivity contribution in [2.45, 2.75) is 52.6 Å². The van der Waals surface area contributed by atoms with Crippen molar-refractivity contribution in [1.82, 2.24) is 0 Å². The van der Waals surface area contributed by atoms with Gasteiger partial charge in [-0.05, 0) is 73.2 Å². The molecule has 0 aromatic heterocycles. The molecule has 37 heavy (non-hydrogen) atoms. The van der Waals surface area contributed by atoms with Crippen LogP contribution in [0.1, 0.15) is 53.4 Å². The molecule has 0 aliphatic rings. The van der Waals surface area contributed by atoms with Gasteiger partial charge in [0.25, 0.3) is 5.92 Å². The maximum Gasteiger partial charge on any atom is 0.298 e. The fraction of sp³-hybridized carbons (Fsp3) is 0.333. The molecular weight excluding hydrogens is 496 g/mol. The molecule has 4 nitrogen and oxygen atoms in total. The smallest absolute Gasteiger partial charge is 0.298 e. The van der Waals surface area contributed by atoms with Crippen molar-refractivity contribution >= 4 is 29.0 Å². The van der Waals surface area contributed by atoms with Crippen molar-refractivity contribution in [2.24, 2.45) is 11.8 Å². The first-order valence-corrected chi connectivity index (χ1v) is 12.6. The van der Waals surface area contributed by atoms with Gasteiger partial charge in [-0.3, -0.25) is 9.59 Å². The molecule has 3 aromatic rings. The molecule has 7 heteroatoms. The highest BCUT2D eigenvalue weighted by Crippen LogP contribution is 2.32. The maximum absolute atomic E-state index is 13.9. The standard InChI is InChI=1S/C30H32ClF2NO3/c1-18-5-8-24(27(31)15-18)16-19(2)20(3)29(37)23-9-13-26(14-10-23)34-28(36)17-22-6-11-25(12-7-22)30(32,33)21(4)35/h5-15,19-21,35H,16-17H2,1-4H3,(H,34,36)/t19?,20?,21-/m1/s1. The van der Waals surface area contributed by atoms with Gasteiger partial charge in [0.05, 0.1) is 6.42 Å². The van der Waals surface area contributed by atoms with Crippen molar-refractivity contribution in [3.63, 3.8) is 0 Å². The van der Waals surface area contributed by atoms with E-state index < -0.39 is 12.0 Å². The first kappa shape index (κ1) is 28.5. The van der Waals surface area contributed by atoms with Crippen LogP contribution in [0, 0.1) is 18.8 Å². The van der Waals surface area contributed by atoms with Crippen molar-refractivity contribution in [3.8, 4) is 0 Å². The molecule has 3 rings (SSSR count). The number of halogens is 3. The van der Waals surface area contributed by atoms with Gasteiger partial charge in [-0.2, -0.15) is 8.78 Å². The van der Waals surface area contributed by atoms with Gasteiger partial charge in [-0.25, -0.2) is 0 Å². The predicted octanol–water partition coefficient (Wildman–Crippen LogP) is 7.00. The number of aliphatic hydroxyl groups is 1. The number of carbonyl (C=O) groups is 2. The van der Waals surface area contributed by atoms with Crippen LogP contribution in [-0.2, 0) is 23.6 Å². The summed E-state index contributed by atoms with van der Waals surface area (Å²) in [4.78, 5) is 25.5. The summed E-state index contributed by atoms with van der Waals surface area (Å²) in [6, 6.07) is 18.0. The van der Waals surface area contributed by atoms with Crippen LogP contribution in [-0.4, -0.2) is 22.9 Å². The summed E-state index contributed by atoms with van der Waals surface area (Å²) >= 11 is 6.36. The lowest BCUT2D eigenvalue weighted by Gasteiger charge is -2.20. The molecule has 3 aromatic carbocycles. The summed E-state index contributed by atoms with van der Waals surface area (Å²) < 4.78 is 27.8. The van der Waals surface area contributed by atoms with E-state index in [0.717, 1.165) is 18.1 Å². The molecule has 0 spiro atoms. The minimum Gasteiger partial charge on any atom is -0.387 e. The summed E-state index contributed by atoms with van der Waals surface area (Å²) in [6.07, 6.45) is -1.12. The number of rotatable bonds is 10. The molecule has 0 saturated heterocycles. The number of nitrogens with one attached hydrogen (secondary N) is 1. The highest BCUT2D eigenvalue weighted by molar-refractivity contribution is 6.31. The predicted molar refractivity (Wildman–Crippen MR) is 143 cm³/mol. The number of anilines is 1. The zero-order valence-electron chi connectivity index (χ0n) is 21.4. The number of amides is 1. The lowest BCUT2D eigenvalue weighted by atomic mass is 9.84. The number of hydrogen-bond acceptors (Lipinski definition) is 3. The number of benzene rings is 3. The summed E-state index contributed by atoms with van der Waals surface area (Å²) in [6.45, 7) is 6.96. The third-order valence-electron chi connectivity index (χ3n) is 6.70. The number of ketones is 1. The van der Waals surface area contributed by atoms with Gasteiger partial charge in [-0.1, -0.05) is 61.8 Å². The Balaban J connectivity index is 1.57. The van der Waals surface area contributed by atoms with Crippen molar-refractivity contribution in [3.05, 3.63) is 99.6 Å². The van der Waals surface area contributed by atoms with E-state index in [1.807, 2.05) is 39.0 Å². The fourth-order valence-corrected chi connectivity index (χ4v) is 4.37. The highest BCUT2D eigenvalue weighted by atomic mass is 35.5. The van der Waals surface area contributed by atoms with Gasteiger partial charge in [0.15, 0.2) is 5.78 Å². The van der Waals surface area contributed by atoms with Crippen molar-refractivity contribution < 1.29 is 23.5 Å². The Morgan fingerprint density at radius 1 is 0.973 bits per heavy atom. The minimum atomic E-state index is -3.36. The number of aliphatic hydroxyl groups excluding tert-OH is 1. The van der Waals surface area contributed by atoms with E-state index in [1.165, 1.54) is 24.3 Å². The SMILES string of the molecule is Cc1ccc(CC(C)C(C)C(=O)c2ccc(NC(=O)Cc3ccc(C(F)(F)[C@@H](C)O)cc3)cc2)c(Cl)c1. The lowest BCUT2D eigenvalue weighted by Crippen LogP contribution is -2.27. The second-order valence-electron chi connectivity index (χ2n) is 9.73. The lowest BCUT2D eigenvalue weighted by molar-refractivity contribution is -0.115. The van der Waals surface area contributed by atoms with Gasteiger partial charge >= 0.3 is 0 Å². The Bertz CT molecular complexity index is 1240. The van der Waals surface area contributed by atoms with Gasteiger partial charge in [-0.15, -0.1) is 0 Å². The molecular formula is C30H32ClF2NO3. The summed E-state index contributed by atoms with van der Waals surface area (Å²) in [5.74, 6) is -3.79. The summed E-state index contributed by atoms with van der Waals surface area (Å²) in [5, 5.41) is 12.7. The molecule has 1 amide bonds. The third kappa shape index (κ3) is 7.24. The molecule has 0 saturated carbocycles. The van der Waals surface area contributed by atoms with Crippen LogP contribution in [0.3, 0.4) is 0 Å². The van der Waals surface area contributed by atoms with Gasteiger partial charge in [0, 0.05) is 27.8 Å². The van der Waals surface area contributed by atoms with E-state index in [4.69, 9.17) is 11.6 Å². The molecule has 3 atom stereocenters. The second-order valence-corrected chi connectivity index (χ2v) is 10.1. The molecule has 0 radical (unpaired) electrons. The molecule has 2 N–H and O–H groups in total. The molecule has 0 aliphatic carbocycles. The van der Waals surface area contributed by atoms with Crippen LogP contribution in [0.25, 0.3) is 0 Å². The summed E-state index contributed by atoms with van der Waals surface area (Å²) in [5.41, 5.74) is 3.45. The number of alkyl halides is 2. The van der Waals surface area contributed by atoms with E-state index in [1.54, 1.807) is 24.3 Å². The van der Waals surface area contributed by atoms with E-state index in [0.29, 0.717) is 28.3 Å². The molecule has 0 bridgehead atoms. The van der Waals surface area contributed by atoms with Gasteiger partial charge in [0.2, 0.25) is 5.91 Å². The molecule has 0 fully saturated rings. The van der Waals surface area contributed by atoms with E-state index in [-0.39, 0.29) is 35.5 Å². The normalized spacial score (nSPS) is 14.1. The number of carbonyl (C=O) groups excluding carboxylic acids is 2. The largest absolute Gasteiger partial charge is 0.387 e. The fourth-order valence-electron chi connectivity index (χ4n) is 4.06. The molecule has 0 heterocycles. The van der Waals surface area contributed by atoms with Crippen LogP contribution in [0.4, 0.5) is 14.5 Å². The third-order valence-corrected chi connectivity index (χ3v) is 7.05. The Morgan fingerprint density at radius 2 is 1.59 bits per heavy atom. The zero-order valence-corrected chi connectivity index (χ0v) is 22.2. The van der Waals surface area contributed by atoms with Crippen LogP contribution in [0.15, 0.2) is 66.7 Å². The monoisotopic (exact) mass is 527 g/mol. The average Bonchev–Trinajstić information content (AvgIpc) is 2.85. The maximum atomic E-state index is 13.9. The Labute approximate surface area is 221 Å². The van der Waals surface area contributed by atoms with Crippen molar-refractivity contribution in [1.29, 1.82) is 0 Å². The Hall–Kier alpha value is -3.09. The van der Waals surface area contributed by atoms with Crippen LogP contribution < -0.4 is 5.32 Å². The van der Waals surface area contributed by atoms with Crippen LogP contribution in [0.2, 0.25) is 5.02 Å². The Kier molecular flexibility index (Phi) is 9.21. The number of hydrogen-bond donors (Lipinski definition) is 2. The van der Waals surface area contributed by atoms with Gasteiger partial charge in [0.1, 0.15) is 6.10 Å². The first-order valence-electron chi connectivity index (χ1n) is 12.2. The van der Waals surface area contributed by atoms with E-state index in [2.05, 4.69) is 5.32 Å². The number of aryl methyl sites for hydroxylation is 1. The van der Waals surface area contributed by atoms with Gasteiger partial charge < -0.3 is 10.4 Å². The quantitative estimate of drug-likeness (QED) is 0.279. The topological polar surface area (TPSA) is 66.4 Å². The van der Waals surface area contributed by atoms with Crippen LogP contribution in [0.5, 0.6) is 0 Å². The molecule has 0 aliphatic heterocycles. The summed E-state index contributed by atoms with van der Waals surface area (Å²) in [7, 11) is 0. The minimum absolute atomic E-state index is 0.00265. The van der Waals surface area contributed by atoms with E-state index in [9.17, 15) is 23.5 Å². The molecule has 2 unspecified atom stereocenters. The Morgan fingerprint density at radius 3 is 2.16 bits per heavy atom. The second kappa shape index (κ2) is 12.0. The van der Waals surface area contributed by atoms with E-state index >= 15 is 0 Å². The van der Waals surface area contributed by atoms with Crippen molar-refractivity contribution in [2.75, 3.05) is 5.32 Å². The first-order chi connectivity index (χ1) is 17.4. The highest BCUT2D eigenvalue weighted by Gasteiger charge is 2.37. The molecule has 196 valence electrons. The van der Waals surface area contributed by atoms with Crippen LogP contribution >= 0.6 is 11.6 Å². The number of Topliss-reactive ketones (excluding diaryl/α,β-unsaturated/α-hetero) is 1. The zero-order chi connectivity index (χ0) is 27.3.